The van der Waals surface area contributed by atoms with Crippen LogP contribution in [0.5, 0.6) is 0 Å². The first-order valence-electron chi connectivity index (χ1n) is 6.96. The van der Waals surface area contributed by atoms with Crippen LogP contribution in [0.15, 0.2) is 23.4 Å². The van der Waals surface area contributed by atoms with Crippen molar-refractivity contribution in [2.75, 3.05) is 6.54 Å². The molecule has 1 heterocycles. The van der Waals surface area contributed by atoms with Crippen molar-refractivity contribution >= 4 is 17.7 Å². The molecular weight excluding hydrogens is 272 g/mol. The fraction of sp³-hybridized carbons (Fsp3) is 0.600. The summed E-state index contributed by atoms with van der Waals surface area (Å²) in [5.41, 5.74) is 0.592. The molecule has 1 fully saturated rings. The van der Waals surface area contributed by atoms with E-state index in [9.17, 15) is 9.90 Å². The minimum Gasteiger partial charge on any atom is -0.391 e. The van der Waals surface area contributed by atoms with E-state index in [1.807, 2.05) is 0 Å². The lowest BCUT2D eigenvalue weighted by Gasteiger charge is -2.17. The molecule has 0 bridgehead atoms. The van der Waals surface area contributed by atoms with Gasteiger partial charge >= 0.3 is 0 Å². The van der Waals surface area contributed by atoms with E-state index < -0.39 is 6.10 Å². The number of pyridine rings is 1. The van der Waals surface area contributed by atoms with Crippen LogP contribution in [-0.4, -0.2) is 33.4 Å². The number of hydrogen-bond acceptors (Lipinski definition) is 4. The lowest BCUT2D eigenvalue weighted by atomic mass is 10.2. The van der Waals surface area contributed by atoms with E-state index in [1.54, 1.807) is 30.1 Å². The summed E-state index contributed by atoms with van der Waals surface area (Å²) in [4.78, 5) is 16.3. The maximum Gasteiger partial charge on any atom is 0.251 e. The number of rotatable bonds is 5. The van der Waals surface area contributed by atoms with Gasteiger partial charge in [-0.25, -0.2) is 4.98 Å². The van der Waals surface area contributed by atoms with E-state index in [0.29, 0.717) is 18.0 Å². The fourth-order valence-electron chi connectivity index (χ4n) is 1.87. The number of carbonyl (C=O) groups excluding carboxylic acids is 1. The first-order valence-corrected chi connectivity index (χ1v) is 7.78. The molecule has 5 heteroatoms. The predicted octanol–water partition coefficient (Wildman–Crippen LogP) is 2.47. The molecule has 110 valence electrons. The summed E-state index contributed by atoms with van der Waals surface area (Å²) in [6.45, 7) is 6.65. The summed E-state index contributed by atoms with van der Waals surface area (Å²) in [5, 5.41) is 13.4. The number of carbonyl (C=O) groups is 1. The molecule has 0 aliphatic heterocycles. The van der Waals surface area contributed by atoms with Gasteiger partial charge < -0.3 is 10.4 Å². The second kappa shape index (κ2) is 6.14. The number of aliphatic hydroxyl groups is 1. The molecule has 1 saturated carbocycles. The van der Waals surface area contributed by atoms with E-state index in [2.05, 4.69) is 31.1 Å². The average Bonchev–Trinajstić information content (AvgIpc) is 3.18. The van der Waals surface area contributed by atoms with Crippen molar-refractivity contribution < 1.29 is 9.90 Å². The standard InChI is InChI=1S/C15H22N2O2S/c1-15(2,3)20-13-8-11(6-7-16-13)14(19)17-9-12(18)10-4-5-10/h6-8,10,12,18H,4-5,9H2,1-3H3,(H,17,19)/t12-/m0/s1. The van der Waals surface area contributed by atoms with Crippen LogP contribution in [0.4, 0.5) is 0 Å². The number of thioether (sulfide) groups is 1. The number of aliphatic hydroxyl groups excluding tert-OH is 1. The van der Waals surface area contributed by atoms with Gasteiger partial charge in [-0.05, 0) is 30.9 Å². The first-order chi connectivity index (χ1) is 9.35. The lowest BCUT2D eigenvalue weighted by Crippen LogP contribution is -2.33. The molecule has 0 unspecified atom stereocenters. The second-order valence-electron chi connectivity index (χ2n) is 6.21. The summed E-state index contributed by atoms with van der Waals surface area (Å²) < 4.78 is 0.0598. The summed E-state index contributed by atoms with van der Waals surface area (Å²) in [6.07, 6.45) is 3.38. The van der Waals surface area contributed by atoms with Crippen LogP contribution in [0.2, 0.25) is 0 Å². The average molecular weight is 294 g/mol. The van der Waals surface area contributed by atoms with Crippen LogP contribution in [0.25, 0.3) is 0 Å². The maximum atomic E-state index is 12.1. The zero-order valence-corrected chi connectivity index (χ0v) is 13.0. The van der Waals surface area contributed by atoms with Gasteiger partial charge in [0.2, 0.25) is 0 Å². The van der Waals surface area contributed by atoms with Crippen molar-refractivity contribution in [3.05, 3.63) is 23.9 Å². The third-order valence-corrected chi connectivity index (χ3v) is 4.09. The Hall–Kier alpha value is -1.07. The smallest absolute Gasteiger partial charge is 0.251 e. The number of aromatic nitrogens is 1. The fourth-order valence-corrected chi connectivity index (χ4v) is 2.79. The molecular formula is C15H22N2O2S. The summed E-state index contributed by atoms with van der Waals surface area (Å²) in [7, 11) is 0. The molecule has 1 aliphatic carbocycles. The molecule has 0 saturated heterocycles. The van der Waals surface area contributed by atoms with Gasteiger partial charge in [-0.2, -0.15) is 0 Å². The molecule has 2 N–H and O–H groups in total. The van der Waals surface area contributed by atoms with Crippen molar-refractivity contribution in [3.8, 4) is 0 Å². The van der Waals surface area contributed by atoms with Gasteiger partial charge in [0.05, 0.1) is 11.1 Å². The number of amides is 1. The molecule has 0 aromatic carbocycles. The predicted molar refractivity (Wildman–Crippen MR) is 80.9 cm³/mol. The van der Waals surface area contributed by atoms with E-state index in [4.69, 9.17) is 0 Å². The molecule has 2 rings (SSSR count). The van der Waals surface area contributed by atoms with E-state index in [-0.39, 0.29) is 10.7 Å². The van der Waals surface area contributed by atoms with Crippen LogP contribution in [0, 0.1) is 5.92 Å². The zero-order valence-electron chi connectivity index (χ0n) is 12.2. The highest BCUT2D eigenvalue weighted by Gasteiger charge is 2.29. The Bertz CT molecular complexity index is 481. The molecule has 1 atom stereocenters. The van der Waals surface area contributed by atoms with Crippen LogP contribution < -0.4 is 5.32 Å². The van der Waals surface area contributed by atoms with Gasteiger partial charge in [-0.3, -0.25) is 4.79 Å². The van der Waals surface area contributed by atoms with Gasteiger partial charge in [0.1, 0.15) is 0 Å². The van der Waals surface area contributed by atoms with Gasteiger partial charge in [-0.1, -0.05) is 20.8 Å². The summed E-state index contributed by atoms with van der Waals surface area (Å²) in [6, 6.07) is 3.50. The minimum absolute atomic E-state index is 0.0598. The van der Waals surface area contributed by atoms with Crippen molar-refractivity contribution in [2.45, 2.75) is 49.5 Å². The lowest BCUT2D eigenvalue weighted by molar-refractivity contribution is 0.0901. The molecule has 1 aromatic heterocycles. The van der Waals surface area contributed by atoms with Crippen molar-refractivity contribution in [2.24, 2.45) is 5.92 Å². The molecule has 1 aromatic rings. The Morgan fingerprint density at radius 1 is 1.55 bits per heavy atom. The van der Waals surface area contributed by atoms with Crippen LogP contribution in [0.1, 0.15) is 44.0 Å². The highest BCUT2D eigenvalue weighted by Crippen LogP contribution is 2.32. The minimum atomic E-state index is -0.413. The normalized spacial score (nSPS) is 16.8. The zero-order chi connectivity index (χ0) is 14.8. The number of hydrogen-bond donors (Lipinski definition) is 2. The number of nitrogens with one attached hydrogen (secondary N) is 1. The van der Waals surface area contributed by atoms with E-state index in [0.717, 1.165) is 17.9 Å². The quantitative estimate of drug-likeness (QED) is 0.819. The molecule has 20 heavy (non-hydrogen) atoms. The molecule has 1 aliphatic rings. The Morgan fingerprint density at radius 3 is 2.85 bits per heavy atom. The Kier molecular flexibility index (Phi) is 4.70. The number of nitrogens with zero attached hydrogens (tertiary/aromatic N) is 1. The van der Waals surface area contributed by atoms with Crippen molar-refractivity contribution in [1.82, 2.24) is 10.3 Å². The molecule has 1 amide bonds. The SMILES string of the molecule is CC(C)(C)Sc1cc(C(=O)NC[C@H](O)C2CC2)ccn1. The Labute approximate surface area is 124 Å². The monoisotopic (exact) mass is 294 g/mol. The molecule has 0 radical (unpaired) electrons. The van der Waals surface area contributed by atoms with Gasteiger partial charge in [-0.15, -0.1) is 11.8 Å². The third-order valence-electron chi connectivity index (χ3n) is 3.05. The topological polar surface area (TPSA) is 62.2 Å². The van der Waals surface area contributed by atoms with Gasteiger partial charge in [0.15, 0.2) is 0 Å². The molecule has 4 nitrogen and oxygen atoms in total. The van der Waals surface area contributed by atoms with E-state index >= 15 is 0 Å². The summed E-state index contributed by atoms with van der Waals surface area (Å²) >= 11 is 1.63. The van der Waals surface area contributed by atoms with Gasteiger partial charge in [0, 0.05) is 23.1 Å². The highest BCUT2D eigenvalue weighted by molar-refractivity contribution is 8.00. The Balaban J connectivity index is 1.93. The second-order valence-corrected chi connectivity index (χ2v) is 8.06. The maximum absolute atomic E-state index is 12.1. The molecule has 0 spiro atoms. The van der Waals surface area contributed by atoms with Gasteiger partial charge in [0.25, 0.3) is 5.91 Å². The first kappa shape index (κ1) is 15.3. The van der Waals surface area contributed by atoms with Crippen molar-refractivity contribution in [3.63, 3.8) is 0 Å². The van der Waals surface area contributed by atoms with E-state index in [1.165, 1.54) is 0 Å². The van der Waals surface area contributed by atoms with Crippen LogP contribution in [-0.2, 0) is 0 Å². The highest BCUT2D eigenvalue weighted by atomic mass is 32.2. The van der Waals surface area contributed by atoms with Crippen molar-refractivity contribution in [1.29, 1.82) is 0 Å². The third kappa shape index (κ3) is 4.80. The van der Waals surface area contributed by atoms with Crippen LogP contribution >= 0.6 is 11.8 Å². The largest absolute Gasteiger partial charge is 0.391 e. The van der Waals surface area contributed by atoms with Crippen LogP contribution in [0.3, 0.4) is 0 Å². The summed E-state index contributed by atoms with van der Waals surface area (Å²) in [5.74, 6) is 0.225. The Morgan fingerprint density at radius 2 is 2.25 bits per heavy atom.